The van der Waals surface area contributed by atoms with Crippen LogP contribution in [0.15, 0.2) is 0 Å². The van der Waals surface area contributed by atoms with E-state index in [2.05, 4.69) is 12.2 Å². The van der Waals surface area contributed by atoms with Gasteiger partial charge in [-0.15, -0.1) is 0 Å². The minimum absolute atomic E-state index is 0.294. The molecule has 1 N–H and O–H groups in total. The molecule has 0 unspecified atom stereocenters. The average molecular weight is 262 g/mol. The summed E-state index contributed by atoms with van der Waals surface area (Å²) in [6, 6.07) is 0. The summed E-state index contributed by atoms with van der Waals surface area (Å²) in [5.74, 6) is 0. The van der Waals surface area contributed by atoms with E-state index < -0.39 is 0 Å². The first kappa shape index (κ1) is 16.9. The van der Waals surface area contributed by atoms with E-state index in [0.29, 0.717) is 6.54 Å². The Morgan fingerprint density at radius 3 is 1.82 bits per heavy atom. The third-order valence-corrected chi connectivity index (χ3v) is 3.10. The van der Waals surface area contributed by atoms with Gasteiger partial charge in [0.15, 0.2) is 0 Å². The lowest BCUT2D eigenvalue weighted by Crippen LogP contribution is -2.20. The molecule has 0 aliphatic rings. The highest BCUT2D eigenvalue weighted by molar-refractivity contribution is 6.64. The van der Waals surface area contributed by atoms with Gasteiger partial charge in [0.2, 0.25) is 5.24 Å². The van der Waals surface area contributed by atoms with Crippen molar-refractivity contribution in [2.24, 2.45) is 0 Å². The van der Waals surface area contributed by atoms with Gasteiger partial charge >= 0.3 is 0 Å². The largest absolute Gasteiger partial charge is 0.309 e. The van der Waals surface area contributed by atoms with Gasteiger partial charge in [-0.2, -0.15) is 0 Å². The van der Waals surface area contributed by atoms with Crippen molar-refractivity contribution in [2.75, 3.05) is 13.1 Å². The Bertz CT molecular complexity index is 174. The predicted molar refractivity (Wildman–Crippen MR) is 75.6 cm³/mol. The molecule has 0 heterocycles. The molecule has 0 saturated heterocycles. The first-order valence-electron chi connectivity index (χ1n) is 7.16. The molecule has 0 aromatic heterocycles. The highest BCUT2D eigenvalue weighted by Gasteiger charge is 1.95. The maximum absolute atomic E-state index is 10.4. The van der Waals surface area contributed by atoms with Gasteiger partial charge < -0.3 is 5.32 Å². The van der Waals surface area contributed by atoms with Gasteiger partial charge in [0, 0.05) is 0 Å². The molecule has 0 rings (SSSR count). The molecule has 0 radical (unpaired) electrons. The molecular weight excluding hydrogens is 234 g/mol. The van der Waals surface area contributed by atoms with Crippen LogP contribution in [0.1, 0.15) is 71.1 Å². The van der Waals surface area contributed by atoms with E-state index in [4.69, 9.17) is 11.6 Å². The predicted octanol–water partition coefficient (Wildman–Crippen LogP) is 4.26. The second kappa shape index (κ2) is 14.0. The molecule has 0 saturated carbocycles. The summed E-state index contributed by atoms with van der Waals surface area (Å²) in [7, 11) is 0. The van der Waals surface area contributed by atoms with Gasteiger partial charge in [0.05, 0.1) is 6.54 Å². The van der Waals surface area contributed by atoms with Gasteiger partial charge in [0.1, 0.15) is 0 Å². The first-order valence-corrected chi connectivity index (χ1v) is 7.54. The number of hydrogen-bond donors (Lipinski definition) is 1. The minimum atomic E-state index is -0.294. The number of nitrogens with one attached hydrogen (secondary N) is 1. The zero-order chi connectivity index (χ0) is 12.8. The second-order valence-electron chi connectivity index (χ2n) is 4.71. The van der Waals surface area contributed by atoms with Crippen LogP contribution in [0.2, 0.25) is 0 Å². The highest BCUT2D eigenvalue weighted by atomic mass is 35.5. The van der Waals surface area contributed by atoms with Crippen LogP contribution in [-0.2, 0) is 4.79 Å². The normalized spacial score (nSPS) is 10.7. The number of carbonyl (C=O) groups is 1. The van der Waals surface area contributed by atoms with Crippen LogP contribution < -0.4 is 5.32 Å². The van der Waals surface area contributed by atoms with Crippen LogP contribution >= 0.6 is 11.6 Å². The number of carbonyl (C=O) groups excluding carboxylic acids is 1. The third-order valence-electron chi connectivity index (χ3n) is 2.97. The van der Waals surface area contributed by atoms with Crippen LogP contribution in [0.5, 0.6) is 0 Å². The molecule has 3 heteroatoms. The summed E-state index contributed by atoms with van der Waals surface area (Å²) in [6.45, 7) is 3.47. The number of halogens is 1. The van der Waals surface area contributed by atoms with Crippen molar-refractivity contribution < 1.29 is 4.79 Å². The van der Waals surface area contributed by atoms with Gasteiger partial charge in [-0.25, -0.2) is 0 Å². The summed E-state index contributed by atoms with van der Waals surface area (Å²) in [5, 5.41) is 2.73. The summed E-state index contributed by atoms with van der Waals surface area (Å²) in [4.78, 5) is 10.4. The van der Waals surface area contributed by atoms with Crippen molar-refractivity contribution in [3.8, 4) is 0 Å². The molecule has 0 aliphatic heterocycles. The standard InChI is InChI=1S/C14H28ClNO/c1-2-3-4-5-6-7-8-9-10-11-12-16-13-14(15)17/h16H,2-13H2,1H3. The third kappa shape index (κ3) is 15.9. The maximum Gasteiger partial charge on any atom is 0.235 e. The Morgan fingerprint density at radius 2 is 1.35 bits per heavy atom. The van der Waals surface area contributed by atoms with Gasteiger partial charge in [0.25, 0.3) is 0 Å². The topological polar surface area (TPSA) is 29.1 Å². The van der Waals surface area contributed by atoms with Crippen LogP contribution in [0.25, 0.3) is 0 Å². The molecule has 0 aromatic carbocycles. The zero-order valence-corrected chi connectivity index (χ0v) is 12.0. The Labute approximate surface area is 111 Å². The van der Waals surface area contributed by atoms with E-state index in [1.165, 1.54) is 57.8 Å². The lowest BCUT2D eigenvalue weighted by Gasteiger charge is -2.03. The van der Waals surface area contributed by atoms with Crippen molar-refractivity contribution in [3.05, 3.63) is 0 Å². The van der Waals surface area contributed by atoms with E-state index in [0.717, 1.165) is 13.0 Å². The Hall–Kier alpha value is -0.0800. The molecule has 0 amide bonds. The van der Waals surface area contributed by atoms with E-state index in [9.17, 15) is 4.79 Å². The molecule has 0 fully saturated rings. The number of rotatable bonds is 13. The maximum atomic E-state index is 10.4. The van der Waals surface area contributed by atoms with Crippen molar-refractivity contribution in [1.82, 2.24) is 5.32 Å². The lowest BCUT2D eigenvalue weighted by molar-refractivity contribution is -0.110. The summed E-state index contributed by atoms with van der Waals surface area (Å²) in [6.07, 6.45) is 13.4. The molecule has 0 atom stereocenters. The number of unbranched alkanes of at least 4 members (excludes halogenated alkanes) is 9. The molecule has 0 spiro atoms. The highest BCUT2D eigenvalue weighted by Crippen LogP contribution is 2.10. The number of hydrogen-bond acceptors (Lipinski definition) is 2. The summed E-state index contributed by atoms with van der Waals surface area (Å²) < 4.78 is 0. The summed E-state index contributed by atoms with van der Waals surface area (Å²) >= 11 is 5.21. The van der Waals surface area contributed by atoms with Gasteiger partial charge in [-0.3, -0.25) is 4.79 Å². The fourth-order valence-corrected chi connectivity index (χ4v) is 2.02. The first-order chi connectivity index (χ1) is 8.27. The van der Waals surface area contributed by atoms with Gasteiger partial charge in [-0.1, -0.05) is 64.7 Å². The molecule has 0 aliphatic carbocycles. The van der Waals surface area contributed by atoms with E-state index in [-0.39, 0.29) is 5.24 Å². The average Bonchev–Trinajstić information content (AvgIpc) is 2.30. The molecule has 102 valence electrons. The molecule has 0 bridgehead atoms. The fourth-order valence-electron chi connectivity index (χ4n) is 1.92. The van der Waals surface area contributed by atoms with Crippen molar-refractivity contribution in [2.45, 2.75) is 71.1 Å². The van der Waals surface area contributed by atoms with Crippen molar-refractivity contribution in [1.29, 1.82) is 0 Å². The van der Waals surface area contributed by atoms with Crippen LogP contribution in [-0.4, -0.2) is 18.3 Å². The van der Waals surface area contributed by atoms with Crippen LogP contribution in [0.4, 0.5) is 0 Å². The van der Waals surface area contributed by atoms with Crippen molar-refractivity contribution in [3.63, 3.8) is 0 Å². The Kier molecular flexibility index (Phi) is 13.9. The smallest absolute Gasteiger partial charge is 0.235 e. The molecule has 2 nitrogen and oxygen atoms in total. The quantitative estimate of drug-likeness (QED) is 0.396. The second-order valence-corrected chi connectivity index (χ2v) is 5.14. The van der Waals surface area contributed by atoms with Gasteiger partial charge in [-0.05, 0) is 24.6 Å². The fraction of sp³-hybridized carbons (Fsp3) is 0.929. The van der Waals surface area contributed by atoms with Crippen LogP contribution in [0, 0.1) is 0 Å². The molecular formula is C14H28ClNO. The lowest BCUT2D eigenvalue weighted by atomic mass is 10.1. The Balaban J connectivity index is 2.91. The monoisotopic (exact) mass is 261 g/mol. The molecule has 0 aromatic rings. The zero-order valence-electron chi connectivity index (χ0n) is 11.3. The van der Waals surface area contributed by atoms with E-state index in [1.807, 2.05) is 0 Å². The minimum Gasteiger partial charge on any atom is -0.309 e. The van der Waals surface area contributed by atoms with E-state index in [1.54, 1.807) is 0 Å². The summed E-state index contributed by atoms with van der Waals surface area (Å²) in [5.41, 5.74) is 0. The Morgan fingerprint density at radius 1 is 0.882 bits per heavy atom. The molecule has 17 heavy (non-hydrogen) atoms. The SMILES string of the molecule is CCCCCCCCCCCCNCC(=O)Cl. The van der Waals surface area contributed by atoms with Crippen molar-refractivity contribution >= 4 is 16.8 Å². The van der Waals surface area contributed by atoms with E-state index >= 15 is 0 Å². The van der Waals surface area contributed by atoms with Crippen LogP contribution in [0.3, 0.4) is 0 Å².